The number of hydrogen-bond acceptors (Lipinski definition) is 2. The average Bonchev–Trinajstić information content (AvgIpc) is 3.69. The van der Waals surface area contributed by atoms with Crippen LogP contribution in [0.1, 0.15) is 31.2 Å². The third kappa shape index (κ3) is 8.70. The fourth-order valence-corrected chi connectivity index (χ4v) is 12.2. The van der Waals surface area contributed by atoms with Crippen LogP contribution >= 0.6 is 0 Å². The second-order valence-corrected chi connectivity index (χ2v) is 31.0. The molecule has 2 fully saturated rings. The van der Waals surface area contributed by atoms with Gasteiger partial charge in [-0.1, -0.05) is 37.7 Å². The van der Waals surface area contributed by atoms with Crippen molar-refractivity contribution in [3.8, 4) is 33.6 Å². The molecule has 0 spiro atoms. The number of rotatable bonds is 7. The zero-order chi connectivity index (χ0) is 32.3. The molecule has 0 N–H and O–H groups in total. The van der Waals surface area contributed by atoms with E-state index in [1.807, 2.05) is 30.3 Å². The van der Waals surface area contributed by atoms with E-state index in [9.17, 15) is 0 Å². The van der Waals surface area contributed by atoms with Crippen LogP contribution in [0.15, 0.2) is 103 Å². The van der Waals surface area contributed by atoms with Crippen LogP contribution < -0.4 is 9.58 Å². The largest absolute Gasteiger partial charge is 0 e. The van der Waals surface area contributed by atoms with Gasteiger partial charge in [0.05, 0.1) is 8.07 Å². The van der Waals surface area contributed by atoms with E-state index in [-0.39, 0.29) is 20.1 Å². The van der Waals surface area contributed by atoms with Crippen LogP contribution in [0.2, 0.25) is 36.9 Å². The summed E-state index contributed by atoms with van der Waals surface area (Å²) in [4.78, 5) is 9.52. The van der Waals surface area contributed by atoms with Crippen LogP contribution in [0.4, 0.5) is 0 Å². The molecule has 5 heteroatoms. The molecule has 0 aliphatic heterocycles. The average molecular weight is 874 g/mol. The molecule has 2 nitrogen and oxygen atoms in total. The number of benzene rings is 3. The second-order valence-electron chi connectivity index (χ2n) is 15.4. The van der Waals surface area contributed by atoms with Gasteiger partial charge in [0.15, 0.2) is 0 Å². The molecule has 2 heterocycles. The number of hydrogen-bond donors (Lipinski definition) is 0. The molecular formula is C42H48GeIrN2Si-2. The zero-order valence-electron chi connectivity index (χ0n) is 28.8. The van der Waals surface area contributed by atoms with E-state index in [2.05, 4.69) is 122 Å². The van der Waals surface area contributed by atoms with Crippen molar-refractivity contribution in [2.24, 2.45) is 17.8 Å². The Morgan fingerprint density at radius 3 is 1.89 bits per heavy atom. The quantitative estimate of drug-likeness (QED) is 0.120. The van der Waals surface area contributed by atoms with E-state index in [1.54, 1.807) is 10.8 Å². The molecule has 2 saturated carbocycles. The first kappa shape index (κ1) is 35.7. The molecular weight excluding hydrogens is 825 g/mol. The molecule has 0 amide bonds. The fraction of sp³-hybridized carbons (Fsp3) is 0.333. The predicted molar refractivity (Wildman–Crippen MR) is 201 cm³/mol. The van der Waals surface area contributed by atoms with Gasteiger partial charge < -0.3 is 4.98 Å². The van der Waals surface area contributed by atoms with Crippen LogP contribution in [0.3, 0.4) is 0 Å². The summed E-state index contributed by atoms with van der Waals surface area (Å²) in [5.74, 6) is 10.2. The van der Waals surface area contributed by atoms with Gasteiger partial charge in [-0.2, -0.15) is 0 Å². The van der Waals surface area contributed by atoms with Gasteiger partial charge >= 0.3 is 135 Å². The van der Waals surface area contributed by atoms with E-state index < -0.39 is 21.3 Å². The third-order valence-electron chi connectivity index (χ3n) is 9.93. The zero-order valence-corrected chi connectivity index (χ0v) is 34.3. The van der Waals surface area contributed by atoms with Crippen molar-refractivity contribution in [2.45, 2.75) is 69.0 Å². The van der Waals surface area contributed by atoms with Crippen molar-refractivity contribution >= 4 is 30.9 Å². The summed E-state index contributed by atoms with van der Waals surface area (Å²) in [6.07, 6.45) is 11.5. The van der Waals surface area contributed by atoms with E-state index in [4.69, 9.17) is 9.97 Å². The fourth-order valence-electron chi connectivity index (χ4n) is 7.56. The smallest absolute Gasteiger partial charge is 0 e. The summed E-state index contributed by atoms with van der Waals surface area (Å²) in [5, 5.41) is 1.56. The van der Waals surface area contributed by atoms with Gasteiger partial charge in [0.2, 0.25) is 0 Å². The van der Waals surface area contributed by atoms with Crippen molar-refractivity contribution in [1.82, 2.24) is 9.97 Å². The van der Waals surface area contributed by atoms with Crippen LogP contribution in [0, 0.1) is 29.9 Å². The molecule has 2 aromatic heterocycles. The maximum Gasteiger partial charge on any atom is 0 e. The van der Waals surface area contributed by atoms with Gasteiger partial charge in [-0.25, -0.2) is 0 Å². The van der Waals surface area contributed by atoms with Gasteiger partial charge in [-0.05, 0) is 54.3 Å². The molecule has 47 heavy (non-hydrogen) atoms. The molecule has 2 bridgehead atoms. The Morgan fingerprint density at radius 2 is 1.36 bits per heavy atom. The van der Waals surface area contributed by atoms with Gasteiger partial charge in [0, 0.05) is 26.3 Å². The van der Waals surface area contributed by atoms with E-state index in [1.165, 1.54) is 47.6 Å². The van der Waals surface area contributed by atoms with Crippen molar-refractivity contribution in [3.05, 3.63) is 121 Å². The summed E-state index contributed by atoms with van der Waals surface area (Å²) in [5.41, 5.74) is 8.44. The maximum atomic E-state index is 4.80. The van der Waals surface area contributed by atoms with Gasteiger partial charge in [0.25, 0.3) is 0 Å². The van der Waals surface area contributed by atoms with Crippen molar-refractivity contribution in [3.63, 3.8) is 0 Å². The molecule has 2 aliphatic rings. The topological polar surface area (TPSA) is 25.8 Å². The normalized spacial score (nSPS) is 18.6. The summed E-state index contributed by atoms with van der Waals surface area (Å²) in [6, 6.07) is 38.1. The summed E-state index contributed by atoms with van der Waals surface area (Å²) >= 11 is -1.99. The Bertz CT molecular complexity index is 1750. The molecule has 1 radical (unpaired) electrons. The van der Waals surface area contributed by atoms with Crippen LogP contribution in [-0.4, -0.2) is 31.3 Å². The van der Waals surface area contributed by atoms with Crippen LogP contribution in [-0.2, 0) is 26.5 Å². The summed E-state index contributed by atoms with van der Waals surface area (Å²) < 4.78 is 1.45. The van der Waals surface area contributed by atoms with Crippen LogP contribution in [0.5, 0.6) is 0 Å². The molecule has 3 aromatic carbocycles. The number of fused-ring (bicyclic) bond motifs is 2. The number of pyridine rings is 2. The maximum absolute atomic E-state index is 4.80. The molecule has 2 aliphatic carbocycles. The first-order valence-electron chi connectivity index (χ1n) is 17.1. The monoisotopic (exact) mass is 875 g/mol. The van der Waals surface area contributed by atoms with Crippen molar-refractivity contribution in [2.75, 3.05) is 0 Å². The Balaban J connectivity index is 0.000000181. The molecule has 3 atom stereocenters. The van der Waals surface area contributed by atoms with Gasteiger partial charge in [0.1, 0.15) is 0 Å². The minimum Gasteiger partial charge on any atom is 0 e. The van der Waals surface area contributed by atoms with Crippen molar-refractivity contribution in [1.29, 1.82) is 0 Å². The van der Waals surface area contributed by atoms with Gasteiger partial charge in [-0.3, -0.25) is 0 Å². The Labute approximate surface area is 300 Å². The van der Waals surface area contributed by atoms with Crippen LogP contribution in [0.25, 0.3) is 33.6 Å². The van der Waals surface area contributed by atoms with E-state index in [0.29, 0.717) is 0 Å². The molecule has 0 saturated heterocycles. The first-order valence-corrected chi connectivity index (χ1v) is 27.9. The number of nitrogens with zero attached hydrogens (tertiary/aromatic N) is 2. The standard InChI is InChI=1S/C22H28NSi.C20H20GeN.Ir/c1-24(2,3)22-15-23-21(17-7-5-4-6-8-17)14-20(22)13-19-12-16-9-10-18(19)11-16;1-21(2,3)19-15-22-20(17-12-8-5-9-13-17)14-18(19)16-10-6-4-7-11-16;/h4-7,14-16,18-19H,9-13H2,1-3H3;4-12,14-15H,1-3H3;/q2*-1;. The van der Waals surface area contributed by atoms with E-state index in [0.717, 1.165) is 40.3 Å². The molecule has 5 aromatic rings. The number of aromatic nitrogens is 2. The predicted octanol–water partition coefficient (Wildman–Crippen LogP) is 9.83. The Kier molecular flexibility index (Phi) is 11.6. The first-order chi connectivity index (χ1) is 22.1. The van der Waals surface area contributed by atoms with E-state index >= 15 is 0 Å². The molecule has 3 unspecified atom stereocenters. The summed E-state index contributed by atoms with van der Waals surface area (Å²) in [6.45, 7) is 7.34. The van der Waals surface area contributed by atoms with Gasteiger partial charge in [-0.15, -0.1) is 35.9 Å². The van der Waals surface area contributed by atoms with Crippen molar-refractivity contribution < 1.29 is 20.1 Å². The SMILES string of the molecule is C[Si](C)(C)c1cnc(-c2[c-]cccc2)cc1CC1CC2CCC1C2.[CH3][Ge]([CH3])([CH3])[c]1cnc(-c2[c-]cccc2)cc1-c1ccccc1.[Ir]. The Morgan fingerprint density at radius 1 is 0.745 bits per heavy atom. The summed E-state index contributed by atoms with van der Waals surface area (Å²) in [7, 11) is -1.37. The second kappa shape index (κ2) is 15.3. The third-order valence-corrected chi connectivity index (χ3v) is 16.2. The minimum atomic E-state index is -1.99. The Hall–Kier alpha value is -2.63. The molecule has 7 rings (SSSR count). The minimum absolute atomic E-state index is 0. The molecule has 245 valence electrons.